The van der Waals surface area contributed by atoms with Crippen LogP contribution in [0.5, 0.6) is 0 Å². The van der Waals surface area contributed by atoms with Crippen molar-refractivity contribution in [2.75, 3.05) is 22.8 Å². The molecule has 0 amide bonds. The molecule has 2 aromatic carbocycles. The molecule has 0 aliphatic heterocycles. The zero-order chi connectivity index (χ0) is 23.3. The number of anilines is 3. The molecule has 3 rings (SSSR count). The molecule has 3 N–H and O–H groups in total. The summed E-state index contributed by atoms with van der Waals surface area (Å²) < 4.78 is 55.9. The molecule has 0 saturated heterocycles. The Bertz CT molecular complexity index is 1270. The van der Waals surface area contributed by atoms with Crippen LogP contribution >= 0.6 is 0 Å². The third-order valence-corrected chi connectivity index (χ3v) is 5.97. The van der Waals surface area contributed by atoms with E-state index in [0.29, 0.717) is 34.9 Å². The molecule has 0 bridgehead atoms. The zero-order valence-corrected chi connectivity index (χ0v) is 18.3. The number of sulfonamides is 1. The first-order chi connectivity index (χ1) is 15.3. The Balaban J connectivity index is 2.04. The maximum Gasteiger partial charge on any atom is 0.232 e. The highest BCUT2D eigenvalue weighted by Crippen LogP contribution is 2.32. The van der Waals surface area contributed by atoms with Crippen molar-refractivity contribution in [1.82, 2.24) is 9.97 Å². The third kappa shape index (κ3) is 4.83. The highest BCUT2D eigenvalue weighted by atomic mass is 32.2. The zero-order valence-electron chi connectivity index (χ0n) is 17.5. The quantitative estimate of drug-likeness (QED) is 0.411. The van der Waals surface area contributed by atoms with Crippen molar-refractivity contribution in [2.45, 2.75) is 13.3 Å². The van der Waals surface area contributed by atoms with E-state index in [2.05, 4.69) is 36.7 Å². The van der Waals surface area contributed by atoms with Crippen molar-refractivity contribution in [3.05, 3.63) is 65.6 Å². The fraction of sp³-hybridized carbons (Fsp3) is 0.190. The summed E-state index contributed by atoms with van der Waals surface area (Å²) in [6, 6.07) is 8.76. The van der Waals surface area contributed by atoms with Gasteiger partial charge in [0.05, 0.1) is 23.5 Å². The first kappa shape index (κ1) is 23.1. The van der Waals surface area contributed by atoms with Crippen LogP contribution in [-0.2, 0) is 10.0 Å². The van der Waals surface area contributed by atoms with E-state index in [1.807, 2.05) is 0 Å². The van der Waals surface area contributed by atoms with Gasteiger partial charge in [-0.25, -0.2) is 27.2 Å². The molecule has 8 nitrogen and oxygen atoms in total. The molecule has 168 valence electrons. The number of aromatic nitrogens is 2. The Morgan fingerprint density at radius 1 is 1.19 bits per heavy atom. The minimum atomic E-state index is -3.76. The van der Waals surface area contributed by atoms with Gasteiger partial charge in [-0.2, -0.15) is 0 Å². The van der Waals surface area contributed by atoms with Crippen LogP contribution in [0.15, 0.2) is 52.7 Å². The number of para-hydroxylation sites is 1. The van der Waals surface area contributed by atoms with Gasteiger partial charge in [0.15, 0.2) is 11.6 Å². The SMILES string of the molecule is C=Nc1[nH]cnc1/C(=N\C)c1ccccc1Nc1c(F)ccc(NS(=O)(=O)CCC)c1F. The van der Waals surface area contributed by atoms with E-state index in [1.54, 1.807) is 38.2 Å². The molecule has 0 saturated carbocycles. The van der Waals surface area contributed by atoms with Crippen LogP contribution < -0.4 is 10.0 Å². The lowest BCUT2D eigenvalue weighted by Gasteiger charge is -2.16. The highest BCUT2D eigenvalue weighted by molar-refractivity contribution is 7.92. The van der Waals surface area contributed by atoms with Gasteiger partial charge in [-0.05, 0) is 31.3 Å². The smallest absolute Gasteiger partial charge is 0.232 e. The predicted octanol–water partition coefficient (Wildman–Crippen LogP) is 4.38. The number of aliphatic imine (C=N–C) groups is 2. The van der Waals surface area contributed by atoms with Crippen LogP contribution in [0.25, 0.3) is 0 Å². The van der Waals surface area contributed by atoms with Gasteiger partial charge in [0, 0.05) is 18.3 Å². The van der Waals surface area contributed by atoms with Crippen molar-refractivity contribution in [3.8, 4) is 0 Å². The molecule has 0 radical (unpaired) electrons. The van der Waals surface area contributed by atoms with Crippen molar-refractivity contribution in [3.63, 3.8) is 0 Å². The molecule has 0 spiro atoms. The van der Waals surface area contributed by atoms with E-state index in [4.69, 9.17) is 0 Å². The van der Waals surface area contributed by atoms with Gasteiger partial charge in [-0.1, -0.05) is 25.1 Å². The summed E-state index contributed by atoms with van der Waals surface area (Å²) in [5, 5.41) is 2.73. The molecule has 3 aromatic rings. The topological polar surface area (TPSA) is 112 Å². The summed E-state index contributed by atoms with van der Waals surface area (Å²) in [5.41, 5.74) is 0.805. The van der Waals surface area contributed by atoms with Crippen molar-refractivity contribution < 1.29 is 17.2 Å². The Morgan fingerprint density at radius 3 is 2.62 bits per heavy atom. The van der Waals surface area contributed by atoms with Gasteiger partial charge >= 0.3 is 0 Å². The summed E-state index contributed by atoms with van der Waals surface area (Å²) in [5.74, 6) is -1.75. The van der Waals surface area contributed by atoms with Gasteiger partial charge < -0.3 is 10.3 Å². The third-order valence-electron chi connectivity index (χ3n) is 4.50. The monoisotopic (exact) mass is 460 g/mol. The van der Waals surface area contributed by atoms with Crippen molar-refractivity contribution in [1.29, 1.82) is 0 Å². The summed E-state index contributed by atoms with van der Waals surface area (Å²) in [7, 11) is -2.21. The molecule has 0 aliphatic rings. The lowest BCUT2D eigenvalue weighted by molar-refractivity contribution is 0.588. The summed E-state index contributed by atoms with van der Waals surface area (Å²) in [4.78, 5) is 15.2. The second-order valence-corrected chi connectivity index (χ2v) is 8.55. The largest absolute Gasteiger partial charge is 0.350 e. The highest BCUT2D eigenvalue weighted by Gasteiger charge is 2.21. The summed E-state index contributed by atoms with van der Waals surface area (Å²) in [6.45, 7) is 5.18. The van der Waals surface area contributed by atoms with Gasteiger partial charge in [0.25, 0.3) is 0 Å². The lowest BCUT2D eigenvalue weighted by Crippen LogP contribution is -2.17. The molecule has 0 fully saturated rings. The van der Waals surface area contributed by atoms with Crippen molar-refractivity contribution in [2.24, 2.45) is 9.98 Å². The number of hydrogen-bond donors (Lipinski definition) is 3. The second kappa shape index (κ2) is 9.69. The second-order valence-electron chi connectivity index (χ2n) is 6.71. The molecule has 11 heteroatoms. The number of H-pyrrole nitrogens is 1. The molecular weight excluding hydrogens is 438 g/mol. The van der Waals surface area contributed by atoms with Gasteiger partial charge in [-0.3, -0.25) is 9.71 Å². The van der Waals surface area contributed by atoms with Gasteiger partial charge in [-0.15, -0.1) is 0 Å². The van der Waals surface area contributed by atoms with E-state index in [1.165, 1.54) is 6.33 Å². The van der Waals surface area contributed by atoms with Crippen LogP contribution in [0, 0.1) is 11.6 Å². The number of aromatic amines is 1. The molecule has 0 atom stereocenters. The van der Waals surface area contributed by atoms with Gasteiger partial charge in [0.1, 0.15) is 17.2 Å². The summed E-state index contributed by atoms with van der Waals surface area (Å²) in [6.07, 6.45) is 1.79. The molecule has 1 heterocycles. The first-order valence-electron chi connectivity index (χ1n) is 9.63. The lowest BCUT2D eigenvalue weighted by atomic mass is 10.0. The van der Waals surface area contributed by atoms with Crippen molar-refractivity contribution >= 4 is 45.3 Å². The number of benzene rings is 2. The van der Waals surface area contributed by atoms with Crippen LogP contribution in [0.2, 0.25) is 0 Å². The average Bonchev–Trinajstić information content (AvgIpc) is 3.23. The normalized spacial score (nSPS) is 11.9. The molecular formula is C21H22F2N6O2S. The number of halogens is 2. The minimum Gasteiger partial charge on any atom is -0.350 e. The van der Waals surface area contributed by atoms with E-state index < -0.39 is 27.3 Å². The van der Waals surface area contributed by atoms with E-state index in [-0.39, 0.29) is 11.4 Å². The molecule has 1 aromatic heterocycles. The number of nitrogens with zero attached hydrogens (tertiary/aromatic N) is 3. The molecule has 0 aliphatic carbocycles. The number of nitrogens with one attached hydrogen (secondary N) is 3. The average molecular weight is 461 g/mol. The summed E-state index contributed by atoms with van der Waals surface area (Å²) >= 11 is 0. The maximum absolute atomic E-state index is 15.1. The maximum atomic E-state index is 15.1. The van der Waals surface area contributed by atoms with E-state index >= 15 is 4.39 Å². The number of rotatable bonds is 9. The van der Waals surface area contributed by atoms with Crippen LogP contribution in [0.1, 0.15) is 24.6 Å². The fourth-order valence-electron chi connectivity index (χ4n) is 3.10. The van der Waals surface area contributed by atoms with Crippen LogP contribution in [0.4, 0.5) is 31.7 Å². The molecule has 0 unspecified atom stereocenters. The predicted molar refractivity (Wildman–Crippen MR) is 123 cm³/mol. The van der Waals surface area contributed by atoms with Crippen LogP contribution in [-0.4, -0.2) is 43.6 Å². The first-order valence-corrected chi connectivity index (χ1v) is 11.3. The fourth-order valence-corrected chi connectivity index (χ4v) is 4.23. The number of hydrogen-bond acceptors (Lipinski definition) is 6. The number of imidazole rings is 1. The van der Waals surface area contributed by atoms with Gasteiger partial charge in [0.2, 0.25) is 10.0 Å². The molecule has 32 heavy (non-hydrogen) atoms. The Kier molecular flexibility index (Phi) is 6.98. The van der Waals surface area contributed by atoms with E-state index in [0.717, 1.165) is 12.1 Å². The van der Waals surface area contributed by atoms with E-state index in [9.17, 15) is 12.8 Å². The Labute approximate surface area is 184 Å². The van der Waals surface area contributed by atoms with Crippen LogP contribution in [0.3, 0.4) is 0 Å². The minimum absolute atomic E-state index is 0.185. The Morgan fingerprint density at radius 2 is 1.94 bits per heavy atom. The Hall–Kier alpha value is -3.60. The standard InChI is InChI=1S/C21H22F2N6O2S/c1-4-11-32(30,31)29-16-10-9-14(22)19(17(16)23)28-15-8-6-5-7-13(15)18(24-2)20-21(25-3)27-12-26-20/h5-10,12,28-29H,3-4,11H2,1-2H3,(H,26,27)/b24-18-.